The van der Waals surface area contributed by atoms with Crippen molar-refractivity contribution in [1.82, 2.24) is 5.32 Å². The second-order valence-electron chi connectivity index (χ2n) is 5.11. The Morgan fingerprint density at radius 1 is 0.947 bits per heavy atom. The average Bonchev–Trinajstić information content (AvgIpc) is 2.35. The monoisotopic (exact) mass is 271 g/mol. The largest absolute Gasteiger partial charge is 0.508 e. The number of rotatable bonds is 0. The molecule has 96 valence electrons. The smallest absolute Gasteiger partial charge is 0.116 e. The average molecular weight is 271 g/mol. The van der Waals surface area contributed by atoms with Gasteiger partial charge in [-0.25, -0.2) is 0 Å². The van der Waals surface area contributed by atoms with Crippen LogP contribution in [0.1, 0.15) is 5.56 Å². The molecule has 4 rings (SSSR count). The van der Waals surface area contributed by atoms with Gasteiger partial charge in [-0.2, -0.15) is 0 Å². The van der Waals surface area contributed by atoms with Crippen LogP contribution in [-0.4, -0.2) is 23.3 Å². The van der Waals surface area contributed by atoms with Crippen LogP contribution in [0.25, 0.3) is 11.1 Å². The molecule has 3 nitrogen and oxygen atoms in total. The van der Waals surface area contributed by atoms with Gasteiger partial charge in [-0.1, -0.05) is 6.07 Å². The Bertz CT molecular complexity index is 680. The number of phenols is 2. The summed E-state index contributed by atoms with van der Waals surface area (Å²) in [5.74, 6) is 0.615. The first-order chi connectivity index (χ1) is 9.18. The van der Waals surface area contributed by atoms with Crippen molar-refractivity contribution in [2.75, 3.05) is 13.1 Å². The van der Waals surface area contributed by atoms with Crippen LogP contribution in [0.5, 0.6) is 11.5 Å². The van der Waals surface area contributed by atoms with Crippen LogP contribution in [0.4, 0.5) is 0 Å². The number of aromatic hydroxyl groups is 2. The first-order valence-corrected chi connectivity index (χ1v) is 7.06. The van der Waals surface area contributed by atoms with E-state index in [2.05, 4.69) is 5.32 Å². The van der Waals surface area contributed by atoms with Gasteiger partial charge in [0.15, 0.2) is 0 Å². The van der Waals surface area contributed by atoms with E-state index in [1.807, 2.05) is 24.3 Å². The standard InChI is InChI=1S/C15H13NO2S/c17-9-1-3-11-12-4-2-10(18)6-14(12)19-15(7-16-8-15)13(11)5-9/h1-6,16-18H,7-8H2. The quantitative estimate of drug-likeness (QED) is 0.689. The first kappa shape index (κ1) is 11.2. The van der Waals surface area contributed by atoms with Crippen molar-refractivity contribution in [3.05, 3.63) is 42.0 Å². The van der Waals surface area contributed by atoms with Crippen LogP contribution >= 0.6 is 11.8 Å². The third kappa shape index (κ3) is 1.50. The molecule has 0 aliphatic carbocycles. The molecular weight excluding hydrogens is 258 g/mol. The molecular formula is C15H13NO2S. The summed E-state index contributed by atoms with van der Waals surface area (Å²) < 4.78 is -0.00509. The molecule has 3 N–H and O–H groups in total. The highest BCUT2D eigenvalue weighted by atomic mass is 32.2. The van der Waals surface area contributed by atoms with Crippen LogP contribution in [-0.2, 0) is 4.75 Å². The van der Waals surface area contributed by atoms with Gasteiger partial charge in [-0.05, 0) is 47.0 Å². The van der Waals surface area contributed by atoms with Gasteiger partial charge in [-0.15, -0.1) is 11.8 Å². The summed E-state index contributed by atoms with van der Waals surface area (Å²) in [5.41, 5.74) is 3.48. The number of fused-ring (bicyclic) bond motifs is 4. The molecule has 2 aromatic rings. The fourth-order valence-electron chi connectivity index (χ4n) is 2.84. The van der Waals surface area contributed by atoms with Crippen molar-refractivity contribution in [3.63, 3.8) is 0 Å². The highest BCUT2D eigenvalue weighted by Gasteiger charge is 2.44. The van der Waals surface area contributed by atoms with E-state index < -0.39 is 0 Å². The molecule has 0 aromatic heterocycles. The number of phenolic OH excluding ortho intramolecular Hbond substituents is 2. The van der Waals surface area contributed by atoms with E-state index >= 15 is 0 Å². The molecule has 0 saturated carbocycles. The summed E-state index contributed by atoms with van der Waals surface area (Å²) in [6, 6.07) is 11.1. The molecule has 2 heterocycles. The number of nitrogens with one attached hydrogen (secondary N) is 1. The zero-order valence-corrected chi connectivity index (χ0v) is 11.0. The maximum Gasteiger partial charge on any atom is 0.116 e. The van der Waals surface area contributed by atoms with Crippen molar-refractivity contribution in [2.45, 2.75) is 9.64 Å². The van der Waals surface area contributed by atoms with Crippen molar-refractivity contribution in [2.24, 2.45) is 0 Å². The van der Waals surface area contributed by atoms with Gasteiger partial charge >= 0.3 is 0 Å². The summed E-state index contributed by atoms with van der Waals surface area (Å²) in [7, 11) is 0. The number of benzene rings is 2. The summed E-state index contributed by atoms with van der Waals surface area (Å²) in [5, 5.41) is 22.7. The van der Waals surface area contributed by atoms with Crippen LogP contribution in [0, 0.1) is 0 Å². The van der Waals surface area contributed by atoms with Crippen LogP contribution in [0.15, 0.2) is 41.3 Å². The predicted octanol–water partition coefficient (Wildman–Crippen LogP) is 2.67. The second kappa shape index (κ2) is 3.68. The van der Waals surface area contributed by atoms with Crippen LogP contribution in [0.2, 0.25) is 0 Å². The predicted molar refractivity (Wildman–Crippen MR) is 75.6 cm³/mol. The SMILES string of the molecule is Oc1ccc2c(c1)SC1(CNC1)c1cc(O)ccc1-2. The Morgan fingerprint density at radius 3 is 2.32 bits per heavy atom. The molecule has 19 heavy (non-hydrogen) atoms. The number of hydrogen-bond acceptors (Lipinski definition) is 4. The Morgan fingerprint density at radius 2 is 1.63 bits per heavy atom. The van der Waals surface area contributed by atoms with E-state index in [1.54, 1.807) is 23.9 Å². The van der Waals surface area contributed by atoms with Gasteiger partial charge in [0.1, 0.15) is 11.5 Å². The van der Waals surface area contributed by atoms with Crippen LogP contribution in [0.3, 0.4) is 0 Å². The lowest BCUT2D eigenvalue weighted by atomic mass is 9.85. The molecule has 4 heteroatoms. The number of thioether (sulfide) groups is 1. The third-order valence-electron chi connectivity index (χ3n) is 3.88. The molecule has 0 radical (unpaired) electrons. The van der Waals surface area contributed by atoms with Crippen molar-refractivity contribution in [3.8, 4) is 22.6 Å². The van der Waals surface area contributed by atoms with Gasteiger partial charge in [0.2, 0.25) is 0 Å². The Hall–Kier alpha value is -1.65. The Kier molecular flexibility index (Phi) is 2.17. The van der Waals surface area contributed by atoms with E-state index in [0.717, 1.165) is 29.1 Å². The van der Waals surface area contributed by atoms with Crippen LogP contribution < -0.4 is 5.32 Å². The fraction of sp³-hybridized carbons (Fsp3) is 0.200. The van der Waals surface area contributed by atoms with E-state index in [-0.39, 0.29) is 4.75 Å². The van der Waals surface area contributed by atoms with Gasteiger partial charge in [0.05, 0.1) is 4.75 Å². The molecule has 0 amide bonds. The molecule has 2 aliphatic heterocycles. The first-order valence-electron chi connectivity index (χ1n) is 6.25. The Balaban J connectivity index is 2.00. The molecule has 1 fully saturated rings. The lowest BCUT2D eigenvalue weighted by Crippen LogP contribution is -2.55. The van der Waals surface area contributed by atoms with Crippen molar-refractivity contribution < 1.29 is 10.2 Å². The topological polar surface area (TPSA) is 52.5 Å². The number of hydrogen-bond donors (Lipinski definition) is 3. The second-order valence-corrected chi connectivity index (χ2v) is 6.54. The van der Waals surface area contributed by atoms with Gasteiger partial charge in [0.25, 0.3) is 0 Å². The van der Waals surface area contributed by atoms with Gasteiger partial charge < -0.3 is 15.5 Å². The molecule has 1 saturated heterocycles. The summed E-state index contributed by atoms with van der Waals surface area (Å²) in [6.45, 7) is 1.78. The minimum Gasteiger partial charge on any atom is -0.508 e. The molecule has 2 aromatic carbocycles. The molecule has 0 unspecified atom stereocenters. The molecule has 0 atom stereocenters. The van der Waals surface area contributed by atoms with Crippen molar-refractivity contribution in [1.29, 1.82) is 0 Å². The maximum atomic E-state index is 9.76. The minimum absolute atomic E-state index is 0.00509. The van der Waals surface area contributed by atoms with Crippen molar-refractivity contribution >= 4 is 11.8 Å². The summed E-state index contributed by atoms with van der Waals surface area (Å²) in [4.78, 5) is 1.11. The molecule has 1 spiro atoms. The maximum absolute atomic E-state index is 9.76. The minimum atomic E-state index is -0.00509. The summed E-state index contributed by atoms with van der Waals surface area (Å²) in [6.07, 6.45) is 0. The molecule has 0 bridgehead atoms. The fourth-order valence-corrected chi connectivity index (χ4v) is 4.36. The highest BCUT2D eigenvalue weighted by Crippen LogP contribution is 2.55. The lowest BCUT2D eigenvalue weighted by molar-refractivity contribution is 0.400. The van der Waals surface area contributed by atoms with E-state index in [4.69, 9.17) is 0 Å². The zero-order valence-electron chi connectivity index (χ0n) is 10.2. The lowest BCUT2D eigenvalue weighted by Gasteiger charge is -2.46. The zero-order chi connectivity index (χ0) is 13.0. The van der Waals surface area contributed by atoms with E-state index in [0.29, 0.717) is 11.5 Å². The summed E-state index contributed by atoms with van der Waals surface area (Å²) >= 11 is 1.78. The third-order valence-corrected chi connectivity index (χ3v) is 5.33. The van der Waals surface area contributed by atoms with E-state index in [1.165, 1.54) is 5.56 Å². The van der Waals surface area contributed by atoms with Gasteiger partial charge in [-0.3, -0.25) is 0 Å². The molecule has 2 aliphatic rings. The van der Waals surface area contributed by atoms with Gasteiger partial charge in [0, 0.05) is 18.0 Å². The van der Waals surface area contributed by atoms with E-state index in [9.17, 15) is 10.2 Å². The normalized spacial score (nSPS) is 18.5. The Labute approximate surface area is 115 Å². The highest BCUT2D eigenvalue weighted by molar-refractivity contribution is 8.00.